The minimum absolute atomic E-state index is 0. The van der Waals surface area contributed by atoms with Crippen LogP contribution in [0.5, 0.6) is 0 Å². The van der Waals surface area contributed by atoms with Gasteiger partial charge in [-0.15, -0.1) is 0 Å². The Morgan fingerprint density at radius 2 is 1.35 bits per heavy atom. The van der Waals surface area contributed by atoms with Crippen molar-refractivity contribution in [3.63, 3.8) is 0 Å². The molecule has 2 aliphatic carbocycles. The summed E-state index contributed by atoms with van der Waals surface area (Å²) in [6.07, 6.45) is 16.0. The first-order valence-corrected chi connectivity index (χ1v) is 10.5. The van der Waals surface area contributed by atoms with Gasteiger partial charge in [-0.05, 0) is 74.5 Å². The van der Waals surface area contributed by atoms with Crippen molar-refractivity contribution in [1.82, 2.24) is 4.90 Å². The molecular weight excluding hydrogens is 535 g/mol. The van der Waals surface area contributed by atoms with Gasteiger partial charge in [0.2, 0.25) is 0 Å². The molecule has 26 heavy (non-hydrogen) atoms. The minimum atomic E-state index is 0. The molecule has 4 heteroatoms. The summed E-state index contributed by atoms with van der Waals surface area (Å²) in [5.74, 6) is 3.79. The molecule has 0 bridgehead atoms. The van der Waals surface area contributed by atoms with Gasteiger partial charge in [0.15, 0.2) is 0 Å². The van der Waals surface area contributed by atoms with E-state index in [0.29, 0.717) is 0 Å². The van der Waals surface area contributed by atoms with E-state index in [-0.39, 0.29) is 175 Å². The van der Waals surface area contributed by atoms with E-state index in [1.807, 2.05) is 0 Å². The zero-order valence-electron chi connectivity index (χ0n) is 18.9. The van der Waals surface area contributed by atoms with Crippen molar-refractivity contribution in [2.24, 2.45) is 29.1 Å². The Labute approximate surface area is 311 Å². The van der Waals surface area contributed by atoms with E-state index in [1.165, 1.54) is 77.2 Å². The Morgan fingerprint density at radius 1 is 0.846 bits per heavy atom. The molecule has 134 valence electrons. The van der Waals surface area contributed by atoms with Crippen LogP contribution in [0.3, 0.4) is 0 Å². The Bertz CT molecular complexity index is 348. The molecule has 2 saturated carbocycles. The minimum Gasteiger partial charge on any atom is -0.605 e. The van der Waals surface area contributed by atoms with Crippen LogP contribution in [0.1, 0.15) is 91.4 Å². The van der Waals surface area contributed by atoms with Crippen LogP contribution in [0.4, 0.5) is 0 Å². The van der Waals surface area contributed by atoms with Crippen molar-refractivity contribution in [2.75, 3.05) is 6.54 Å². The van der Waals surface area contributed by atoms with Crippen molar-refractivity contribution in [3.8, 4) is 0 Å². The van der Waals surface area contributed by atoms with Gasteiger partial charge in [0.05, 0.1) is 0 Å². The second kappa shape index (κ2) is 16.1. The Kier molecular flexibility index (Phi) is 19.4. The molecule has 0 aromatic carbocycles. The molecule has 3 fully saturated rings. The molecule has 1 saturated heterocycles. The summed E-state index contributed by atoms with van der Waals surface area (Å²) in [7, 11) is 0. The summed E-state index contributed by atoms with van der Waals surface area (Å²) in [5, 5.41) is 0. The van der Waals surface area contributed by atoms with E-state index in [2.05, 4.69) is 38.8 Å². The maximum absolute atomic E-state index is 2.55. The first kappa shape index (κ1) is 31.4. The molecule has 0 atom stereocenters. The molecule has 0 N–H and O–H groups in total. The Hall–Kier alpha value is 5.38. The topological polar surface area (TPSA) is 3.24 Å². The number of likely N-dealkylation sites (tertiary alicyclic amines) is 1. The molecule has 0 unspecified atom stereocenters. The molecular formula is C22H39NRb3+. The summed E-state index contributed by atoms with van der Waals surface area (Å²) in [6.45, 7) is 13.5. The van der Waals surface area contributed by atoms with Crippen LogP contribution in [-0.2, 0) is 0 Å². The van der Waals surface area contributed by atoms with E-state index in [4.69, 9.17) is 0 Å². The number of rotatable bonds is 4. The van der Waals surface area contributed by atoms with E-state index >= 15 is 0 Å². The van der Waals surface area contributed by atoms with Gasteiger partial charge in [-0.2, -0.15) is 12.8 Å². The second-order valence-electron chi connectivity index (χ2n) is 9.33. The summed E-state index contributed by atoms with van der Waals surface area (Å²) < 4.78 is 0. The fourth-order valence-electron chi connectivity index (χ4n) is 5.41. The van der Waals surface area contributed by atoms with E-state index in [9.17, 15) is 0 Å². The summed E-state index contributed by atoms with van der Waals surface area (Å²) in [5.41, 5.74) is 0.754. The van der Waals surface area contributed by atoms with Crippen molar-refractivity contribution in [3.05, 3.63) is 13.1 Å². The average Bonchev–Trinajstić information content (AvgIpc) is 2.58. The van der Waals surface area contributed by atoms with Gasteiger partial charge in [0, 0.05) is 0 Å². The first-order valence-electron chi connectivity index (χ1n) is 10.5. The molecule has 1 heterocycles. The fourth-order valence-corrected chi connectivity index (χ4v) is 5.41. The quantitative estimate of drug-likeness (QED) is 0.336. The van der Waals surface area contributed by atoms with Gasteiger partial charge in [0.25, 0.3) is 0 Å². The van der Waals surface area contributed by atoms with Gasteiger partial charge < -0.3 is 4.90 Å². The summed E-state index contributed by atoms with van der Waals surface area (Å²) in [6, 6.07) is 0. The summed E-state index contributed by atoms with van der Waals surface area (Å²) >= 11 is 0. The molecule has 1 spiro atoms. The van der Waals surface area contributed by atoms with E-state index in [1.54, 1.807) is 0 Å². The largest absolute Gasteiger partial charge is 1.00 e. The molecule has 0 aromatic rings. The van der Waals surface area contributed by atoms with Crippen LogP contribution in [0, 0.1) is 42.2 Å². The molecule has 0 radical (unpaired) electrons. The molecule has 3 aliphatic rings. The van der Waals surface area contributed by atoms with E-state index < -0.39 is 0 Å². The van der Waals surface area contributed by atoms with Gasteiger partial charge in [-0.1, -0.05) is 39.7 Å². The van der Waals surface area contributed by atoms with Crippen LogP contribution in [0.25, 0.3) is 0 Å². The SMILES string of the molecule is CCC1C[CH-]N(CC2CCC3(CC2)CCC(C(C)C)CC3)[CH-]C1.[Rb+].[Rb+].[Rb+]. The third kappa shape index (κ3) is 9.70. The third-order valence-electron chi connectivity index (χ3n) is 7.59. The molecule has 1 aliphatic heterocycles. The number of hydrogen-bond donors (Lipinski definition) is 0. The standard InChI is InChI=1S/C22H39N.3Rb/c1-4-19-9-15-23(16-10-19)17-20-5-11-22(12-6-20)13-7-21(8-14-22)18(2)3;;;/h15-16,18-21H,4-14,17H2,1-3H3;;;/q-2;3*+1. The predicted molar refractivity (Wildman–Crippen MR) is 99.5 cm³/mol. The molecule has 3 rings (SSSR count). The summed E-state index contributed by atoms with van der Waals surface area (Å²) in [4.78, 5) is 2.55. The van der Waals surface area contributed by atoms with Crippen molar-refractivity contribution < 1.29 is 175 Å². The van der Waals surface area contributed by atoms with Crippen LogP contribution >= 0.6 is 0 Å². The van der Waals surface area contributed by atoms with Gasteiger partial charge in [-0.25, -0.2) is 0 Å². The zero-order valence-corrected chi connectivity index (χ0v) is 33.6. The Morgan fingerprint density at radius 3 is 1.81 bits per heavy atom. The number of nitrogens with zero attached hydrogens (tertiary/aromatic N) is 1. The molecule has 0 aromatic heterocycles. The Balaban J connectivity index is 0.00000208. The fraction of sp³-hybridized carbons (Fsp3) is 0.909. The van der Waals surface area contributed by atoms with Crippen LogP contribution in [0.2, 0.25) is 0 Å². The average molecular weight is 574 g/mol. The normalized spacial score (nSPS) is 33.2. The molecule has 0 amide bonds. The zero-order chi connectivity index (χ0) is 16.3. The van der Waals surface area contributed by atoms with Gasteiger partial charge in [0.1, 0.15) is 0 Å². The van der Waals surface area contributed by atoms with Crippen molar-refractivity contribution in [1.29, 1.82) is 0 Å². The maximum Gasteiger partial charge on any atom is 1.00 e. The van der Waals surface area contributed by atoms with Crippen molar-refractivity contribution >= 4 is 0 Å². The van der Waals surface area contributed by atoms with E-state index in [0.717, 1.165) is 29.1 Å². The monoisotopic (exact) mass is 572 g/mol. The number of piperidine rings is 1. The molecule has 1 nitrogen and oxygen atoms in total. The second-order valence-corrected chi connectivity index (χ2v) is 9.33. The first-order chi connectivity index (χ1) is 11.1. The predicted octanol–water partition coefficient (Wildman–Crippen LogP) is -2.53. The van der Waals surface area contributed by atoms with Gasteiger partial charge in [-0.3, -0.25) is 13.1 Å². The van der Waals surface area contributed by atoms with Crippen LogP contribution in [-0.4, -0.2) is 11.4 Å². The van der Waals surface area contributed by atoms with Crippen molar-refractivity contribution in [2.45, 2.75) is 91.4 Å². The number of hydrogen-bond acceptors (Lipinski definition) is 1. The maximum atomic E-state index is 2.55. The van der Waals surface area contributed by atoms with Crippen LogP contribution in [0.15, 0.2) is 0 Å². The smallest absolute Gasteiger partial charge is 0.605 e. The third-order valence-corrected chi connectivity index (χ3v) is 7.59. The van der Waals surface area contributed by atoms with Gasteiger partial charge >= 0.3 is 175 Å². The van der Waals surface area contributed by atoms with Crippen LogP contribution < -0.4 is 175 Å².